The van der Waals surface area contributed by atoms with Crippen molar-refractivity contribution in [1.82, 2.24) is 9.97 Å². The molecule has 1 heterocycles. The highest BCUT2D eigenvalue weighted by Crippen LogP contribution is 2.32. The van der Waals surface area contributed by atoms with Crippen molar-refractivity contribution >= 4 is 0 Å². The van der Waals surface area contributed by atoms with Gasteiger partial charge >= 0.3 is 5.69 Å². The van der Waals surface area contributed by atoms with Crippen LogP contribution in [0.25, 0.3) is 0 Å². The number of aryl methyl sites for hydroxylation is 1. The van der Waals surface area contributed by atoms with Crippen molar-refractivity contribution in [3.05, 3.63) is 67.5 Å². The minimum Gasteiger partial charge on any atom is -0.310 e. The summed E-state index contributed by atoms with van der Waals surface area (Å²) in [5.41, 5.74) is 3.28. The summed E-state index contributed by atoms with van der Waals surface area (Å²) >= 11 is 0. The van der Waals surface area contributed by atoms with Crippen LogP contribution in [0.5, 0.6) is 0 Å². The summed E-state index contributed by atoms with van der Waals surface area (Å²) in [6.45, 7) is 2.05. The molecule has 4 nitrogen and oxygen atoms in total. The number of hydrogen-bond donors (Lipinski definition) is 2. The fourth-order valence-electron chi connectivity index (χ4n) is 3.00. The van der Waals surface area contributed by atoms with Gasteiger partial charge in [0.05, 0.1) is 0 Å². The first-order valence-corrected chi connectivity index (χ1v) is 7.07. The number of benzene rings is 1. The van der Waals surface area contributed by atoms with E-state index in [-0.39, 0.29) is 11.5 Å². The molecule has 0 spiro atoms. The quantitative estimate of drug-likeness (QED) is 0.780. The van der Waals surface area contributed by atoms with Gasteiger partial charge in [-0.15, -0.1) is 0 Å². The first-order chi connectivity index (χ1) is 9.65. The second kappa shape index (κ2) is 5.12. The maximum absolute atomic E-state index is 12.0. The summed E-state index contributed by atoms with van der Waals surface area (Å²) in [5.74, 6) is 0.114. The lowest BCUT2D eigenvalue weighted by molar-refractivity contribution is 0.649. The normalized spacial score (nSPS) is 18.4. The van der Waals surface area contributed by atoms with Gasteiger partial charge in [-0.25, -0.2) is 4.79 Å². The molecule has 4 heteroatoms. The number of rotatable bonds is 1. The average Bonchev–Trinajstić information content (AvgIpc) is 2.62. The zero-order valence-electron chi connectivity index (χ0n) is 11.5. The van der Waals surface area contributed by atoms with E-state index in [4.69, 9.17) is 0 Å². The molecular weight excluding hydrogens is 252 g/mol. The van der Waals surface area contributed by atoms with Crippen LogP contribution in [-0.2, 0) is 6.42 Å². The second-order valence-electron chi connectivity index (χ2n) is 5.51. The monoisotopic (exact) mass is 270 g/mol. The number of fused-ring (bicyclic) bond motifs is 1. The maximum Gasteiger partial charge on any atom is 0.325 e. The minimum atomic E-state index is -0.409. The van der Waals surface area contributed by atoms with Crippen LogP contribution in [-0.4, -0.2) is 9.97 Å². The van der Waals surface area contributed by atoms with Gasteiger partial charge < -0.3 is 4.98 Å². The topological polar surface area (TPSA) is 65.7 Å². The number of aromatic nitrogens is 2. The zero-order valence-corrected chi connectivity index (χ0v) is 11.5. The van der Waals surface area contributed by atoms with Crippen molar-refractivity contribution in [3.8, 4) is 0 Å². The Hall–Kier alpha value is -2.10. The Kier molecular flexibility index (Phi) is 3.30. The van der Waals surface area contributed by atoms with Crippen molar-refractivity contribution in [2.45, 2.75) is 38.5 Å². The van der Waals surface area contributed by atoms with E-state index in [1.165, 1.54) is 11.1 Å². The Morgan fingerprint density at radius 3 is 2.55 bits per heavy atom. The Labute approximate surface area is 116 Å². The molecule has 1 aliphatic carbocycles. The van der Waals surface area contributed by atoms with E-state index in [2.05, 4.69) is 41.2 Å². The Bertz CT molecular complexity index is 725. The van der Waals surface area contributed by atoms with Crippen molar-refractivity contribution < 1.29 is 0 Å². The summed E-state index contributed by atoms with van der Waals surface area (Å²) in [6.07, 6.45) is 3.76. The molecule has 3 rings (SSSR count). The summed E-state index contributed by atoms with van der Waals surface area (Å²) in [6, 6.07) is 8.33. The Morgan fingerprint density at radius 2 is 1.80 bits per heavy atom. The third-order valence-corrected chi connectivity index (χ3v) is 4.07. The fraction of sp³-hybridized carbons (Fsp3) is 0.375. The van der Waals surface area contributed by atoms with Crippen LogP contribution in [0, 0.1) is 6.92 Å². The smallest absolute Gasteiger partial charge is 0.310 e. The SMILES string of the molecule is Cc1ccc(C2CCCCc3c2[nH]c(=O)[nH]c3=O)cc1. The molecule has 1 atom stereocenters. The minimum absolute atomic E-state index is 0.114. The Balaban J connectivity index is 2.16. The van der Waals surface area contributed by atoms with Gasteiger partial charge in [-0.05, 0) is 31.7 Å². The van der Waals surface area contributed by atoms with E-state index < -0.39 is 5.69 Å². The largest absolute Gasteiger partial charge is 0.325 e. The van der Waals surface area contributed by atoms with Gasteiger partial charge in [0.2, 0.25) is 0 Å². The van der Waals surface area contributed by atoms with Gasteiger partial charge in [-0.1, -0.05) is 36.2 Å². The average molecular weight is 270 g/mol. The van der Waals surface area contributed by atoms with Gasteiger partial charge in [0.15, 0.2) is 0 Å². The number of hydrogen-bond acceptors (Lipinski definition) is 2. The molecule has 1 unspecified atom stereocenters. The molecule has 0 saturated carbocycles. The second-order valence-corrected chi connectivity index (χ2v) is 5.51. The maximum atomic E-state index is 12.0. The van der Waals surface area contributed by atoms with E-state index >= 15 is 0 Å². The zero-order chi connectivity index (χ0) is 14.1. The third kappa shape index (κ3) is 2.33. The van der Waals surface area contributed by atoms with Gasteiger partial charge in [0.1, 0.15) is 0 Å². The van der Waals surface area contributed by atoms with Crippen LogP contribution in [0.15, 0.2) is 33.9 Å². The number of aromatic amines is 2. The van der Waals surface area contributed by atoms with Gasteiger partial charge in [-0.3, -0.25) is 9.78 Å². The van der Waals surface area contributed by atoms with Crippen molar-refractivity contribution in [2.75, 3.05) is 0 Å². The number of H-pyrrole nitrogens is 2. The highest BCUT2D eigenvalue weighted by molar-refractivity contribution is 5.34. The fourth-order valence-corrected chi connectivity index (χ4v) is 3.00. The molecule has 0 fully saturated rings. The molecule has 104 valence electrons. The Morgan fingerprint density at radius 1 is 1.05 bits per heavy atom. The molecule has 1 aromatic carbocycles. The van der Waals surface area contributed by atoms with Gasteiger partial charge in [0, 0.05) is 17.2 Å². The van der Waals surface area contributed by atoms with Gasteiger partial charge in [0.25, 0.3) is 5.56 Å². The van der Waals surface area contributed by atoms with E-state index in [0.717, 1.165) is 36.9 Å². The molecule has 0 aliphatic heterocycles. The molecule has 20 heavy (non-hydrogen) atoms. The lowest BCUT2D eigenvalue weighted by Gasteiger charge is -2.17. The molecule has 2 N–H and O–H groups in total. The van der Waals surface area contributed by atoms with Crippen LogP contribution in [0.4, 0.5) is 0 Å². The lowest BCUT2D eigenvalue weighted by atomic mass is 9.90. The van der Waals surface area contributed by atoms with E-state index in [1.807, 2.05) is 0 Å². The van der Waals surface area contributed by atoms with Crippen LogP contribution in [0.3, 0.4) is 0 Å². The van der Waals surface area contributed by atoms with E-state index in [9.17, 15) is 9.59 Å². The molecule has 0 bridgehead atoms. The molecular formula is C16H18N2O2. The van der Waals surface area contributed by atoms with Crippen LogP contribution >= 0.6 is 0 Å². The summed E-state index contributed by atoms with van der Waals surface area (Å²) in [4.78, 5) is 28.8. The first kappa shape index (κ1) is 12.9. The summed E-state index contributed by atoms with van der Waals surface area (Å²) in [5, 5.41) is 0. The van der Waals surface area contributed by atoms with E-state index in [0.29, 0.717) is 0 Å². The highest BCUT2D eigenvalue weighted by Gasteiger charge is 2.23. The summed E-state index contributed by atoms with van der Waals surface area (Å²) < 4.78 is 0. The highest BCUT2D eigenvalue weighted by atomic mass is 16.2. The van der Waals surface area contributed by atoms with Crippen molar-refractivity contribution in [1.29, 1.82) is 0 Å². The molecule has 1 aliphatic rings. The lowest BCUT2D eigenvalue weighted by Crippen LogP contribution is -2.28. The molecule has 0 radical (unpaired) electrons. The van der Waals surface area contributed by atoms with Crippen LogP contribution in [0.1, 0.15) is 47.6 Å². The molecule has 2 aromatic rings. The third-order valence-electron chi connectivity index (χ3n) is 4.07. The molecule has 0 amide bonds. The molecule has 1 aromatic heterocycles. The predicted molar refractivity (Wildman–Crippen MR) is 78.3 cm³/mol. The van der Waals surface area contributed by atoms with Crippen molar-refractivity contribution in [3.63, 3.8) is 0 Å². The number of nitrogens with one attached hydrogen (secondary N) is 2. The van der Waals surface area contributed by atoms with Crippen LogP contribution in [0.2, 0.25) is 0 Å². The standard InChI is InChI=1S/C16H18N2O2/c1-10-6-8-11(9-7-10)12-4-2-3-5-13-14(12)17-16(20)18-15(13)19/h6-9,12H,2-5H2,1H3,(H2,17,18,19,20). The first-order valence-electron chi connectivity index (χ1n) is 7.07. The summed E-state index contributed by atoms with van der Waals surface area (Å²) in [7, 11) is 0. The van der Waals surface area contributed by atoms with Crippen molar-refractivity contribution in [2.24, 2.45) is 0 Å². The van der Waals surface area contributed by atoms with Gasteiger partial charge in [-0.2, -0.15) is 0 Å². The molecule has 0 saturated heterocycles. The van der Waals surface area contributed by atoms with Crippen LogP contribution < -0.4 is 11.2 Å². The van der Waals surface area contributed by atoms with E-state index in [1.54, 1.807) is 0 Å². The predicted octanol–water partition coefficient (Wildman–Crippen LogP) is 2.23.